The zero-order valence-electron chi connectivity index (χ0n) is 11.9. The second-order valence-corrected chi connectivity index (χ2v) is 9.69. The van der Waals surface area contributed by atoms with Gasteiger partial charge >= 0.3 is 9.28 Å². The van der Waals surface area contributed by atoms with Gasteiger partial charge in [-0.15, -0.1) is 0 Å². The third kappa shape index (κ3) is 2.46. The highest BCUT2D eigenvalue weighted by Crippen LogP contribution is 2.42. The molecule has 0 aromatic rings. The van der Waals surface area contributed by atoms with Gasteiger partial charge < -0.3 is 18.3 Å². The van der Waals surface area contributed by atoms with Crippen LogP contribution in [0, 0.1) is 0 Å². The summed E-state index contributed by atoms with van der Waals surface area (Å²) in [5.41, 5.74) is 0. The maximum atomic E-state index is 6.27. The fraction of sp³-hybridized carbons (Fsp3) is 1.00. The lowest BCUT2D eigenvalue weighted by atomic mass is 9.96. The van der Waals surface area contributed by atoms with Gasteiger partial charge in [-0.05, 0) is 38.5 Å². The standard InChI is InChI=1S/C12H26O4Si2/c1-13-18(14-2)12(8-4-6-10-16-12)11(17)7-3-5-9-15-11/h18H,3-10H2,1-2,17H3. The summed E-state index contributed by atoms with van der Waals surface area (Å²) in [6.45, 7) is 1.69. The van der Waals surface area contributed by atoms with Gasteiger partial charge in [-0.3, -0.25) is 0 Å². The Bertz CT molecular complexity index is 259. The van der Waals surface area contributed by atoms with Crippen molar-refractivity contribution < 1.29 is 18.3 Å². The molecule has 2 heterocycles. The number of hydrogen-bond donors (Lipinski definition) is 0. The van der Waals surface area contributed by atoms with E-state index in [1.807, 2.05) is 0 Å². The second kappa shape index (κ2) is 6.15. The predicted molar refractivity (Wildman–Crippen MR) is 76.2 cm³/mol. The van der Waals surface area contributed by atoms with Crippen LogP contribution in [0.2, 0.25) is 0 Å². The average molecular weight is 291 g/mol. The van der Waals surface area contributed by atoms with Crippen LogP contribution in [0.4, 0.5) is 0 Å². The van der Waals surface area contributed by atoms with Crippen molar-refractivity contribution >= 4 is 19.5 Å². The molecular weight excluding hydrogens is 264 g/mol. The molecule has 2 rings (SSSR count). The molecule has 0 N–H and O–H groups in total. The van der Waals surface area contributed by atoms with Gasteiger partial charge in [0.1, 0.15) is 5.22 Å². The van der Waals surface area contributed by atoms with Gasteiger partial charge in [-0.25, -0.2) is 0 Å². The van der Waals surface area contributed by atoms with Crippen LogP contribution in [-0.4, -0.2) is 57.4 Å². The molecule has 2 saturated heterocycles. The van der Waals surface area contributed by atoms with Gasteiger partial charge in [0.15, 0.2) is 0 Å². The lowest BCUT2D eigenvalue weighted by molar-refractivity contribution is -0.173. The van der Waals surface area contributed by atoms with E-state index in [0.717, 1.165) is 42.7 Å². The third-order valence-electron chi connectivity index (χ3n) is 4.48. The summed E-state index contributed by atoms with van der Waals surface area (Å²) in [6, 6.07) is 0. The Balaban J connectivity index is 2.27. The molecule has 0 saturated carbocycles. The van der Waals surface area contributed by atoms with Gasteiger partial charge in [-0.2, -0.15) is 0 Å². The summed E-state index contributed by atoms with van der Waals surface area (Å²) in [7, 11) is 2.63. The SMILES string of the molecule is CO[SiH](OC)C1(C2([SiH3])CCCCO2)CCCCO1. The van der Waals surface area contributed by atoms with Crippen LogP contribution in [0.5, 0.6) is 0 Å². The molecule has 106 valence electrons. The molecule has 0 bridgehead atoms. The van der Waals surface area contributed by atoms with Crippen molar-refractivity contribution in [2.45, 2.75) is 49.0 Å². The molecule has 2 unspecified atom stereocenters. The lowest BCUT2D eigenvalue weighted by Gasteiger charge is -2.53. The van der Waals surface area contributed by atoms with E-state index < -0.39 is 9.28 Å². The minimum absolute atomic E-state index is 0.103. The van der Waals surface area contributed by atoms with E-state index in [2.05, 4.69) is 0 Å². The number of ether oxygens (including phenoxy) is 2. The van der Waals surface area contributed by atoms with Crippen LogP contribution < -0.4 is 0 Å². The number of hydrogen-bond acceptors (Lipinski definition) is 4. The smallest absolute Gasteiger partial charge is 0.356 e. The molecule has 0 spiro atoms. The van der Waals surface area contributed by atoms with Gasteiger partial charge in [0, 0.05) is 37.7 Å². The quantitative estimate of drug-likeness (QED) is 0.695. The molecule has 2 aliphatic rings. The first-order valence-electron chi connectivity index (χ1n) is 7.02. The normalized spacial score (nSPS) is 38.2. The van der Waals surface area contributed by atoms with Crippen molar-refractivity contribution in [1.29, 1.82) is 0 Å². The maximum Gasteiger partial charge on any atom is 0.356 e. The fourth-order valence-corrected chi connectivity index (χ4v) is 7.45. The monoisotopic (exact) mass is 290 g/mol. The van der Waals surface area contributed by atoms with Crippen LogP contribution >= 0.6 is 0 Å². The Labute approximate surface area is 115 Å². The Hall–Kier alpha value is 0.274. The molecule has 0 amide bonds. The molecule has 2 fully saturated rings. The highest BCUT2D eigenvalue weighted by Gasteiger charge is 2.58. The molecular formula is C12H26O4Si2. The summed E-state index contributed by atoms with van der Waals surface area (Å²) in [4.78, 5) is 0. The topological polar surface area (TPSA) is 36.9 Å². The van der Waals surface area contributed by atoms with Gasteiger partial charge in [-0.1, -0.05) is 0 Å². The summed E-state index contributed by atoms with van der Waals surface area (Å²) in [5.74, 6) is 0. The van der Waals surface area contributed by atoms with E-state index in [0.29, 0.717) is 0 Å². The minimum atomic E-state index is -1.86. The van der Waals surface area contributed by atoms with Crippen molar-refractivity contribution in [3.05, 3.63) is 0 Å². The van der Waals surface area contributed by atoms with Crippen LogP contribution in [0.1, 0.15) is 38.5 Å². The summed E-state index contributed by atoms with van der Waals surface area (Å²) < 4.78 is 23.9. The van der Waals surface area contributed by atoms with Crippen molar-refractivity contribution in [3.63, 3.8) is 0 Å². The zero-order valence-corrected chi connectivity index (χ0v) is 15.0. The first-order valence-corrected chi connectivity index (χ1v) is 9.54. The van der Waals surface area contributed by atoms with Crippen molar-refractivity contribution in [2.75, 3.05) is 27.4 Å². The van der Waals surface area contributed by atoms with Crippen molar-refractivity contribution in [2.24, 2.45) is 0 Å². The second-order valence-electron chi connectivity index (χ2n) is 5.53. The summed E-state index contributed by atoms with van der Waals surface area (Å²) in [6.07, 6.45) is 6.90. The van der Waals surface area contributed by atoms with Gasteiger partial charge in [0.25, 0.3) is 0 Å². The minimum Gasteiger partial charge on any atom is -0.398 e. The van der Waals surface area contributed by atoms with Crippen molar-refractivity contribution in [1.82, 2.24) is 0 Å². The Morgan fingerprint density at radius 2 is 1.56 bits per heavy atom. The van der Waals surface area contributed by atoms with E-state index >= 15 is 0 Å². The molecule has 0 radical (unpaired) electrons. The fourth-order valence-electron chi connectivity index (χ4n) is 3.41. The molecule has 18 heavy (non-hydrogen) atoms. The average Bonchev–Trinajstić information content (AvgIpc) is 2.42. The summed E-state index contributed by atoms with van der Waals surface area (Å²) in [5, 5.41) is -0.365. The maximum absolute atomic E-state index is 6.27. The van der Waals surface area contributed by atoms with Crippen molar-refractivity contribution in [3.8, 4) is 0 Å². The molecule has 0 aromatic heterocycles. The molecule has 0 aromatic carbocycles. The molecule has 4 nitrogen and oxygen atoms in total. The predicted octanol–water partition coefficient (Wildman–Crippen LogP) is 0.240. The Kier molecular flexibility index (Phi) is 5.01. The van der Waals surface area contributed by atoms with Crippen LogP contribution in [0.3, 0.4) is 0 Å². The van der Waals surface area contributed by atoms with E-state index in [1.54, 1.807) is 14.2 Å². The highest BCUT2D eigenvalue weighted by atomic mass is 28.3. The molecule has 6 heteroatoms. The van der Waals surface area contributed by atoms with Gasteiger partial charge in [0.05, 0.1) is 5.22 Å². The van der Waals surface area contributed by atoms with E-state index in [4.69, 9.17) is 18.3 Å². The van der Waals surface area contributed by atoms with E-state index in [9.17, 15) is 0 Å². The van der Waals surface area contributed by atoms with E-state index in [-0.39, 0.29) is 10.4 Å². The first kappa shape index (κ1) is 14.7. The number of rotatable bonds is 4. The molecule has 0 aliphatic carbocycles. The lowest BCUT2D eigenvalue weighted by Crippen LogP contribution is -2.69. The Morgan fingerprint density at radius 1 is 0.944 bits per heavy atom. The molecule has 2 aliphatic heterocycles. The van der Waals surface area contributed by atoms with Gasteiger partial charge in [0.2, 0.25) is 0 Å². The third-order valence-corrected chi connectivity index (χ3v) is 9.37. The largest absolute Gasteiger partial charge is 0.398 e. The summed E-state index contributed by atoms with van der Waals surface area (Å²) >= 11 is 0. The van der Waals surface area contributed by atoms with Crippen LogP contribution in [0.25, 0.3) is 0 Å². The van der Waals surface area contributed by atoms with Crippen LogP contribution in [-0.2, 0) is 18.3 Å². The first-order chi connectivity index (χ1) is 8.68. The zero-order chi connectivity index (χ0) is 13.1. The highest BCUT2D eigenvalue weighted by molar-refractivity contribution is 6.50. The van der Waals surface area contributed by atoms with Crippen LogP contribution in [0.15, 0.2) is 0 Å². The Morgan fingerprint density at radius 3 is 2.00 bits per heavy atom. The molecule has 2 atom stereocenters. The van der Waals surface area contributed by atoms with E-state index in [1.165, 1.54) is 19.3 Å².